The lowest BCUT2D eigenvalue weighted by molar-refractivity contribution is 1.12. The number of hydrogen-bond acceptors (Lipinski definition) is 2. The summed E-state index contributed by atoms with van der Waals surface area (Å²) in [5, 5.41) is 4.79. The van der Waals surface area contributed by atoms with Crippen molar-refractivity contribution in [1.82, 2.24) is 4.98 Å². The molecule has 0 aliphatic carbocycles. The van der Waals surface area contributed by atoms with Crippen LogP contribution in [-0.4, -0.2) is 4.98 Å². The number of aromatic nitrogens is 1. The van der Waals surface area contributed by atoms with Crippen LogP contribution in [0.15, 0.2) is 24.3 Å². The van der Waals surface area contributed by atoms with E-state index in [0.717, 1.165) is 27.4 Å². The quantitative estimate of drug-likeness (QED) is 0.780. The Morgan fingerprint density at radius 1 is 1.05 bits per heavy atom. The summed E-state index contributed by atoms with van der Waals surface area (Å²) in [6, 6.07) is 7.74. The predicted molar refractivity (Wildman–Crippen MR) is 82.5 cm³/mol. The molecule has 0 radical (unpaired) electrons. The van der Waals surface area contributed by atoms with Gasteiger partial charge in [0.15, 0.2) is 5.15 Å². The van der Waals surface area contributed by atoms with Crippen LogP contribution in [0.4, 0.5) is 5.69 Å². The monoisotopic (exact) mass is 314 g/mol. The van der Waals surface area contributed by atoms with Crippen molar-refractivity contribution >= 4 is 40.5 Å². The molecular weight excluding hydrogens is 303 g/mol. The van der Waals surface area contributed by atoms with Gasteiger partial charge in [0.1, 0.15) is 5.15 Å². The average molecular weight is 316 g/mol. The fourth-order valence-electron chi connectivity index (χ4n) is 1.74. The first-order valence-corrected chi connectivity index (χ1v) is 6.92. The summed E-state index contributed by atoms with van der Waals surface area (Å²) in [6.07, 6.45) is 0. The summed E-state index contributed by atoms with van der Waals surface area (Å²) in [5.74, 6) is 0. The zero-order valence-corrected chi connectivity index (χ0v) is 12.9. The minimum absolute atomic E-state index is 0.378. The Balaban J connectivity index is 2.16. The van der Waals surface area contributed by atoms with Crippen molar-refractivity contribution < 1.29 is 0 Å². The van der Waals surface area contributed by atoms with Crippen molar-refractivity contribution in [3.05, 3.63) is 56.3 Å². The van der Waals surface area contributed by atoms with E-state index in [0.29, 0.717) is 16.9 Å². The molecule has 2 rings (SSSR count). The summed E-state index contributed by atoms with van der Waals surface area (Å²) < 4.78 is 0. The van der Waals surface area contributed by atoms with E-state index in [1.54, 1.807) is 6.07 Å². The van der Waals surface area contributed by atoms with Gasteiger partial charge in [0.05, 0.1) is 5.69 Å². The summed E-state index contributed by atoms with van der Waals surface area (Å²) in [6.45, 7) is 4.54. The number of halogens is 3. The second-order valence-electron chi connectivity index (χ2n) is 4.36. The van der Waals surface area contributed by atoms with Crippen molar-refractivity contribution in [1.29, 1.82) is 0 Å². The third-order valence-electron chi connectivity index (χ3n) is 2.85. The number of hydrogen-bond donors (Lipinski definition) is 1. The third-order valence-corrected chi connectivity index (χ3v) is 3.72. The fourth-order valence-corrected chi connectivity index (χ4v) is 2.55. The van der Waals surface area contributed by atoms with E-state index in [9.17, 15) is 0 Å². The van der Waals surface area contributed by atoms with Gasteiger partial charge in [-0.05, 0) is 42.7 Å². The zero-order chi connectivity index (χ0) is 14.0. The van der Waals surface area contributed by atoms with Crippen LogP contribution in [0, 0.1) is 13.8 Å². The molecule has 0 aliphatic rings. The van der Waals surface area contributed by atoms with Crippen LogP contribution in [0.3, 0.4) is 0 Å². The van der Waals surface area contributed by atoms with Crippen LogP contribution in [0.5, 0.6) is 0 Å². The van der Waals surface area contributed by atoms with Crippen LogP contribution in [-0.2, 0) is 6.54 Å². The normalized spacial score (nSPS) is 10.6. The molecule has 0 saturated carbocycles. The van der Waals surface area contributed by atoms with E-state index in [1.807, 2.05) is 32.0 Å². The highest BCUT2D eigenvalue weighted by Crippen LogP contribution is 2.27. The molecule has 0 spiro atoms. The molecule has 0 atom stereocenters. The van der Waals surface area contributed by atoms with Crippen LogP contribution >= 0.6 is 34.8 Å². The summed E-state index contributed by atoms with van der Waals surface area (Å²) in [7, 11) is 0. The van der Waals surface area contributed by atoms with Crippen LogP contribution in [0.25, 0.3) is 0 Å². The number of nitrogens with zero attached hydrogens (tertiary/aromatic N) is 1. The van der Waals surface area contributed by atoms with Gasteiger partial charge in [0, 0.05) is 11.6 Å². The minimum Gasteiger partial charge on any atom is -0.378 e. The SMILES string of the molecule is Cc1ccc(CNc2c(C)cc(Cl)nc2Cl)cc1Cl. The standard InChI is InChI=1S/C14H13Cl3N2/c1-8-3-4-10(6-11(8)15)7-18-13-9(2)5-12(16)19-14(13)17/h3-6,18H,7H2,1-2H3. The topological polar surface area (TPSA) is 24.9 Å². The number of benzene rings is 1. The number of nitrogens with one attached hydrogen (secondary N) is 1. The van der Waals surface area contributed by atoms with E-state index < -0.39 is 0 Å². The molecule has 1 heterocycles. The maximum atomic E-state index is 6.10. The Bertz CT molecular complexity index is 589. The lowest BCUT2D eigenvalue weighted by Crippen LogP contribution is -2.03. The molecule has 0 amide bonds. The lowest BCUT2D eigenvalue weighted by Gasteiger charge is -2.12. The molecule has 2 nitrogen and oxygen atoms in total. The number of aryl methyl sites for hydroxylation is 2. The Morgan fingerprint density at radius 3 is 2.42 bits per heavy atom. The predicted octanol–water partition coefficient (Wildman–Crippen LogP) is 5.27. The van der Waals surface area contributed by atoms with Gasteiger partial charge in [-0.3, -0.25) is 0 Å². The molecule has 100 valence electrons. The average Bonchev–Trinajstić information content (AvgIpc) is 2.32. The van der Waals surface area contributed by atoms with E-state index in [1.165, 1.54) is 0 Å². The summed E-state index contributed by atoms with van der Waals surface area (Å²) >= 11 is 18.0. The maximum absolute atomic E-state index is 6.10. The smallest absolute Gasteiger partial charge is 0.154 e. The summed E-state index contributed by atoms with van der Waals surface area (Å²) in [5.41, 5.74) is 3.90. The molecule has 1 aromatic carbocycles. The van der Waals surface area contributed by atoms with E-state index in [4.69, 9.17) is 34.8 Å². The van der Waals surface area contributed by atoms with Gasteiger partial charge >= 0.3 is 0 Å². The van der Waals surface area contributed by atoms with E-state index >= 15 is 0 Å². The maximum Gasteiger partial charge on any atom is 0.154 e. The molecular formula is C14H13Cl3N2. The van der Waals surface area contributed by atoms with Crippen molar-refractivity contribution in [3.63, 3.8) is 0 Å². The van der Waals surface area contributed by atoms with Crippen LogP contribution in [0.2, 0.25) is 15.3 Å². The molecule has 19 heavy (non-hydrogen) atoms. The van der Waals surface area contributed by atoms with Crippen molar-refractivity contribution in [3.8, 4) is 0 Å². The van der Waals surface area contributed by atoms with Gasteiger partial charge in [-0.2, -0.15) is 0 Å². The second kappa shape index (κ2) is 6.00. The first kappa shape index (κ1) is 14.4. The number of pyridine rings is 1. The fraction of sp³-hybridized carbons (Fsp3) is 0.214. The molecule has 1 aromatic heterocycles. The Morgan fingerprint density at radius 2 is 1.79 bits per heavy atom. The van der Waals surface area contributed by atoms with Gasteiger partial charge < -0.3 is 5.32 Å². The molecule has 5 heteroatoms. The third kappa shape index (κ3) is 3.53. The van der Waals surface area contributed by atoms with Crippen molar-refractivity contribution in [2.24, 2.45) is 0 Å². The van der Waals surface area contributed by atoms with Gasteiger partial charge in [-0.25, -0.2) is 4.98 Å². The van der Waals surface area contributed by atoms with Crippen LogP contribution in [0.1, 0.15) is 16.7 Å². The molecule has 2 aromatic rings. The second-order valence-corrected chi connectivity index (χ2v) is 5.52. The van der Waals surface area contributed by atoms with Crippen molar-refractivity contribution in [2.45, 2.75) is 20.4 Å². The number of anilines is 1. The van der Waals surface area contributed by atoms with E-state index in [-0.39, 0.29) is 0 Å². The van der Waals surface area contributed by atoms with Gasteiger partial charge in [0.25, 0.3) is 0 Å². The highest BCUT2D eigenvalue weighted by atomic mass is 35.5. The minimum atomic E-state index is 0.378. The molecule has 0 unspecified atom stereocenters. The molecule has 0 bridgehead atoms. The summed E-state index contributed by atoms with van der Waals surface area (Å²) in [4.78, 5) is 4.02. The first-order valence-electron chi connectivity index (χ1n) is 5.79. The van der Waals surface area contributed by atoms with E-state index in [2.05, 4.69) is 10.3 Å². The molecule has 0 saturated heterocycles. The molecule has 0 fully saturated rings. The zero-order valence-electron chi connectivity index (χ0n) is 10.6. The Labute approximate surface area is 127 Å². The molecule has 1 N–H and O–H groups in total. The Hall–Kier alpha value is -0.960. The Kier molecular flexibility index (Phi) is 4.56. The van der Waals surface area contributed by atoms with Crippen LogP contribution < -0.4 is 5.32 Å². The molecule has 0 aliphatic heterocycles. The first-order chi connectivity index (χ1) is 8.97. The van der Waals surface area contributed by atoms with Gasteiger partial charge in [0.2, 0.25) is 0 Å². The highest BCUT2D eigenvalue weighted by Gasteiger charge is 2.07. The van der Waals surface area contributed by atoms with Gasteiger partial charge in [-0.1, -0.05) is 46.9 Å². The highest BCUT2D eigenvalue weighted by molar-refractivity contribution is 6.34. The lowest BCUT2D eigenvalue weighted by atomic mass is 10.1. The van der Waals surface area contributed by atoms with Gasteiger partial charge in [-0.15, -0.1) is 0 Å². The number of rotatable bonds is 3. The largest absolute Gasteiger partial charge is 0.378 e. The van der Waals surface area contributed by atoms with Crippen molar-refractivity contribution in [2.75, 3.05) is 5.32 Å².